The number of halogens is 5. The molecule has 2 saturated heterocycles. The fraction of sp³-hybridized carbons (Fsp3) is 0.583. The van der Waals surface area contributed by atoms with E-state index in [4.69, 9.17) is 20.3 Å². The van der Waals surface area contributed by atoms with Crippen LogP contribution in [0.15, 0.2) is 45.9 Å². The molecule has 2 aliphatic rings. The first-order valence-electron chi connectivity index (χ1n) is 16.9. The number of carboxylic acid groups (broad SMARTS) is 1. The van der Waals surface area contributed by atoms with Gasteiger partial charge in [0.15, 0.2) is 0 Å². The van der Waals surface area contributed by atoms with Gasteiger partial charge in [-0.1, -0.05) is 0 Å². The SMILES string of the molecule is CC(C)(C)OC(=O)N1CCC(CC(=O)Cc2cncc(Br)c2)CC1.CC(C)(C)OC(=O)N1CCC(CC(=O)O)CC1.Nc1cncc(Br)c1.[CH3-].[I][V]([I])[I]. The number of carbonyl (C=O) groups excluding carboxylic acids is 3. The molecule has 18 heteroatoms. The molecule has 2 aromatic rings. The van der Waals surface area contributed by atoms with E-state index in [2.05, 4.69) is 102 Å². The van der Waals surface area contributed by atoms with Gasteiger partial charge in [-0.2, -0.15) is 0 Å². The molecule has 2 fully saturated rings. The summed E-state index contributed by atoms with van der Waals surface area (Å²) in [6, 6.07) is 3.73. The maximum absolute atomic E-state index is 12.2. The summed E-state index contributed by atoms with van der Waals surface area (Å²) < 4.78 is 12.5. The molecule has 0 unspecified atom stereocenters. The van der Waals surface area contributed by atoms with Crippen molar-refractivity contribution in [2.24, 2.45) is 11.8 Å². The molecule has 0 saturated carbocycles. The van der Waals surface area contributed by atoms with Gasteiger partial charge in [-0.15, -0.1) is 0 Å². The average molecular weight is 1260 g/mol. The third kappa shape index (κ3) is 27.2. The Morgan fingerprint density at radius 2 is 1.17 bits per heavy atom. The van der Waals surface area contributed by atoms with Crippen LogP contribution >= 0.6 is 91.8 Å². The van der Waals surface area contributed by atoms with Crippen LogP contribution in [0, 0.1) is 19.3 Å². The van der Waals surface area contributed by atoms with Crippen molar-refractivity contribution in [2.75, 3.05) is 31.9 Å². The summed E-state index contributed by atoms with van der Waals surface area (Å²) in [5.41, 5.74) is 6.03. The summed E-state index contributed by atoms with van der Waals surface area (Å²) in [4.78, 5) is 57.6. The van der Waals surface area contributed by atoms with Crippen molar-refractivity contribution in [3.05, 3.63) is 58.9 Å². The number of carboxylic acids is 1. The normalized spacial score (nSPS) is 14.8. The Bertz CT molecular complexity index is 1430. The van der Waals surface area contributed by atoms with Gasteiger partial charge in [0.1, 0.15) is 17.0 Å². The van der Waals surface area contributed by atoms with Crippen LogP contribution in [0.1, 0.15) is 85.6 Å². The summed E-state index contributed by atoms with van der Waals surface area (Å²) in [6.45, 7) is 13.6. The van der Waals surface area contributed by atoms with Crippen LogP contribution in [0.4, 0.5) is 15.3 Å². The second-order valence-electron chi connectivity index (χ2n) is 14.5. The van der Waals surface area contributed by atoms with Crippen molar-refractivity contribution in [3.8, 4) is 0 Å². The number of nitrogens with two attached hydrogens (primary N) is 1. The number of aliphatic carboxylic acids is 1. The monoisotopic (exact) mass is 1260 g/mol. The van der Waals surface area contributed by atoms with Gasteiger partial charge in [0.25, 0.3) is 0 Å². The number of Topliss-reactive ketones (excluding diaryl/α,β-unsaturated/α-hetero) is 1. The van der Waals surface area contributed by atoms with Gasteiger partial charge in [0.05, 0.1) is 5.69 Å². The Labute approximate surface area is 375 Å². The van der Waals surface area contributed by atoms with Crippen LogP contribution in [-0.2, 0) is 30.4 Å². The molecule has 0 spiro atoms. The van der Waals surface area contributed by atoms with E-state index in [1.165, 1.54) is 0 Å². The third-order valence-electron chi connectivity index (χ3n) is 7.40. The molecule has 0 radical (unpaired) electrons. The van der Waals surface area contributed by atoms with E-state index in [9.17, 15) is 19.2 Å². The number of nitrogens with zero attached hydrogens (tertiary/aromatic N) is 4. The number of amides is 2. The zero-order valence-electron chi connectivity index (χ0n) is 32.0. The molecule has 54 heavy (non-hydrogen) atoms. The van der Waals surface area contributed by atoms with Crippen LogP contribution in [0.3, 0.4) is 0 Å². The fourth-order valence-corrected chi connectivity index (χ4v) is 5.94. The number of pyridine rings is 2. The molecule has 12 nitrogen and oxygen atoms in total. The van der Waals surface area contributed by atoms with Crippen molar-refractivity contribution in [1.82, 2.24) is 19.8 Å². The van der Waals surface area contributed by atoms with Crippen LogP contribution in [-0.4, -0.2) is 86.2 Å². The third-order valence-corrected chi connectivity index (χ3v) is 8.27. The number of nitrogen functional groups attached to an aromatic ring is 1. The van der Waals surface area contributed by atoms with Crippen molar-refractivity contribution in [1.29, 1.82) is 0 Å². The number of anilines is 1. The Kier molecular flexibility index (Phi) is 27.0. The van der Waals surface area contributed by atoms with Gasteiger partial charge < -0.3 is 37.5 Å². The Morgan fingerprint density at radius 3 is 1.50 bits per heavy atom. The number of ketones is 1. The molecule has 2 amide bonds. The number of aromatic nitrogens is 2. The number of carbonyl (C=O) groups is 4. The van der Waals surface area contributed by atoms with E-state index >= 15 is 0 Å². The number of likely N-dealkylation sites (tertiary alicyclic amines) is 2. The molecule has 3 N–H and O–H groups in total. The zero-order chi connectivity index (χ0) is 40.4. The quantitative estimate of drug-likeness (QED) is 0.210. The summed E-state index contributed by atoms with van der Waals surface area (Å²) in [6.07, 6.45) is 10.5. The van der Waals surface area contributed by atoms with E-state index in [-0.39, 0.29) is 42.7 Å². The van der Waals surface area contributed by atoms with E-state index in [0.29, 0.717) is 50.6 Å². The molecule has 0 aliphatic carbocycles. The number of ether oxygens (including phenoxy) is 2. The van der Waals surface area contributed by atoms with Crippen molar-refractivity contribution in [3.63, 3.8) is 0 Å². The molecule has 0 aromatic carbocycles. The maximum atomic E-state index is 12.2. The van der Waals surface area contributed by atoms with Gasteiger partial charge in [0, 0.05) is 79.2 Å². The van der Waals surface area contributed by atoms with Gasteiger partial charge >= 0.3 is 83.0 Å². The van der Waals surface area contributed by atoms with Crippen molar-refractivity contribution < 1.29 is 38.7 Å². The molecule has 2 aromatic heterocycles. The van der Waals surface area contributed by atoms with E-state index in [0.717, 1.165) is 40.2 Å². The second-order valence-corrected chi connectivity index (χ2v) is 51.7. The van der Waals surface area contributed by atoms with Gasteiger partial charge in [0.2, 0.25) is 0 Å². The first kappa shape index (κ1) is 53.5. The van der Waals surface area contributed by atoms with Gasteiger partial charge in [-0.3, -0.25) is 19.6 Å². The van der Waals surface area contributed by atoms with Crippen molar-refractivity contribution >= 4 is 121 Å². The molecule has 306 valence electrons. The number of rotatable bonds is 6. The summed E-state index contributed by atoms with van der Waals surface area (Å²) in [5, 5.41) is 8.69. The summed E-state index contributed by atoms with van der Waals surface area (Å²) >= 11 is 14.0. The van der Waals surface area contributed by atoms with Gasteiger partial charge in [-0.25, -0.2) is 9.59 Å². The molecular formula is C36H54Br2I3N5O7V-. The molecule has 4 heterocycles. The molecule has 2 aliphatic heterocycles. The minimum absolute atomic E-state index is 0. The van der Waals surface area contributed by atoms with Crippen LogP contribution in [0.5, 0.6) is 0 Å². The predicted octanol–water partition coefficient (Wildman–Crippen LogP) is 10.6. The minimum atomic E-state index is -0.763. The number of piperidine rings is 2. The van der Waals surface area contributed by atoms with E-state index < -0.39 is 17.2 Å². The van der Waals surface area contributed by atoms with Crippen LogP contribution in [0.2, 0.25) is 0 Å². The average Bonchev–Trinajstić information content (AvgIpc) is 3.00. The Balaban J connectivity index is 0.000000809. The van der Waals surface area contributed by atoms with Crippen molar-refractivity contribution in [2.45, 2.75) is 97.7 Å². The first-order chi connectivity index (χ1) is 24.5. The van der Waals surface area contributed by atoms with E-state index in [1.54, 1.807) is 40.7 Å². The van der Waals surface area contributed by atoms with Gasteiger partial charge in [-0.05, 0) is 129 Å². The number of hydrogen-bond acceptors (Lipinski definition) is 9. The predicted molar refractivity (Wildman–Crippen MR) is 243 cm³/mol. The zero-order valence-corrected chi connectivity index (χ0v) is 43.0. The second kappa shape index (κ2) is 27.2. The van der Waals surface area contributed by atoms with Crippen LogP contribution in [0.25, 0.3) is 0 Å². The topological polar surface area (TPSA) is 165 Å². The molecule has 4 rings (SSSR count). The molecular weight excluding hydrogens is 1210 g/mol. The van der Waals surface area contributed by atoms with E-state index in [1.807, 2.05) is 47.6 Å². The first-order valence-corrected chi connectivity index (χ1v) is 32.1. The van der Waals surface area contributed by atoms with Crippen LogP contribution < -0.4 is 5.73 Å². The fourth-order valence-electron chi connectivity index (χ4n) is 5.14. The Morgan fingerprint density at radius 1 is 0.778 bits per heavy atom. The summed E-state index contributed by atoms with van der Waals surface area (Å²) in [7, 11) is 0. The molecule has 0 atom stereocenters. The standard InChI is InChI=1S/C18H25BrN2O3.C12H21NO4.C5H5BrN2.CH3.3HI.V/c1-18(2,3)24-17(23)21-6-4-13(5-7-21)9-16(22)10-14-8-15(19)12-20-11-14;1-12(2,3)17-11(16)13-6-4-9(5-7-13)8-10(14)15;6-4-1-5(7)3-8-2-4;;;;;/h8,11-13H,4-7,9-10H2,1-3H3;9H,4-8H2,1-3H3,(H,14,15);1-3H,7H2;1H3;3*1H;/q;;;-1;;;;+3/p-3. The molecule has 0 bridgehead atoms. The summed E-state index contributed by atoms with van der Waals surface area (Å²) in [5.74, 6) is -0.00572. The number of hydrogen-bond donors (Lipinski definition) is 2. The Hall–Kier alpha value is -0.486.